The first-order valence-corrected chi connectivity index (χ1v) is 5.39. The normalized spacial score (nSPS) is 12.1. The first-order valence-electron chi connectivity index (χ1n) is 5.39. The summed E-state index contributed by atoms with van der Waals surface area (Å²) in [5, 5.41) is 2.80. The van der Waals surface area contributed by atoms with Crippen LogP contribution in [-0.4, -0.2) is 31.2 Å². The number of pyridine rings is 1. The molecule has 0 aromatic carbocycles. The van der Waals surface area contributed by atoms with Gasteiger partial charge in [-0.1, -0.05) is 13.0 Å². The number of carbonyl (C=O) groups is 1. The Kier molecular flexibility index (Phi) is 5.50. The lowest BCUT2D eigenvalue weighted by Crippen LogP contribution is -2.27. The van der Waals surface area contributed by atoms with Gasteiger partial charge in [0.25, 0.3) is 0 Å². The van der Waals surface area contributed by atoms with Gasteiger partial charge in [0.15, 0.2) is 0 Å². The molecule has 1 unspecified atom stereocenters. The fourth-order valence-corrected chi connectivity index (χ4v) is 1.43. The molecule has 1 aromatic rings. The van der Waals surface area contributed by atoms with Crippen LogP contribution in [0.5, 0.6) is 0 Å². The van der Waals surface area contributed by atoms with Gasteiger partial charge in [0.1, 0.15) is 0 Å². The van der Waals surface area contributed by atoms with E-state index >= 15 is 0 Å². The van der Waals surface area contributed by atoms with Crippen LogP contribution in [0.2, 0.25) is 0 Å². The number of amides is 1. The lowest BCUT2D eigenvalue weighted by molar-refractivity contribution is -0.121. The lowest BCUT2D eigenvalue weighted by atomic mass is 9.99. The molecule has 1 heterocycles. The van der Waals surface area contributed by atoms with Crippen molar-refractivity contribution in [2.24, 2.45) is 0 Å². The van der Waals surface area contributed by atoms with E-state index in [-0.39, 0.29) is 11.8 Å². The summed E-state index contributed by atoms with van der Waals surface area (Å²) in [6, 6.07) is 3.87. The maximum absolute atomic E-state index is 11.5. The molecule has 16 heavy (non-hydrogen) atoms. The van der Waals surface area contributed by atoms with Gasteiger partial charge in [0.2, 0.25) is 5.91 Å². The van der Waals surface area contributed by atoms with Crippen molar-refractivity contribution in [3.63, 3.8) is 0 Å². The third-order valence-corrected chi connectivity index (χ3v) is 2.37. The SMILES string of the molecule is COCCNC(=O)CC(C)c1cccnc1. The molecule has 1 N–H and O–H groups in total. The Morgan fingerprint density at radius 3 is 3.06 bits per heavy atom. The molecule has 4 heteroatoms. The summed E-state index contributed by atoms with van der Waals surface area (Å²) in [6.07, 6.45) is 4.01. The second-order valence-corrected chi connectivity index (χ2v) is 3.73. The number of nitrogens with one attached hydrogen (secondary N) is 1. The molecule has 0 aliphatic rings. The fraction of sp³-hybridized carbons (Fsp3) is 0.500. The number of aromatic nitrogens is 1. The summed E-state index contributed by atoms with van der Waals surface area (Å²) in [4.78, 5) is 15.6. The van der Waals surface area contributed by atoms with Crippen molar-refractivity contribution in [1.29, 1.82) is 0 Å². The van der Waals surface area contributed by atoms with Gasteiger partial charge in [-0.05, 0) is 17.5 Å². The third-order valence-electron chi connectivity index (χ3n) is 2.37. The van der Waals surface area contributed by atoms with E-state index in [2.05, 4.69) is 10.3 Å². The van der Waals surface area contributed by atoms with Crippen molar-refractivity contribution in [2.45, 2.75) is 19.3 Å². The quantitative estimate of drug-likeness (QED) is 0.739. The summed E-state index contributed by atoms with van der Waals surface area (Å²) in [5.41, 5.74) is 1.09. The molecule has 1 atom stereocenters. The molecule has 0 saturated carbocycles. The second-order valence-electron chi connectivity index (χ2n) is 3.73. The Morgan fingerprint density at radius 2 is 2.44 bits per heavy atom. The Labute approximate surface area is 96.0 Å². The van der Waals surface area contributed by atoms with E-state index in [9.17, 15) is 4.79 Å². The molecule has 1 rings (SSSR count). The van der Waals surface area contributed by atoms with Crippen LogP contribution in [0.4, 0.5) is 0 Å². The molecule has 0 fully saturated rings. The second kappa shape index (κ2) is 6.95. The average Bonchev–Trinajstić information content (AvgIpc) is 2.30. The number of rotatable bonds is 6. The smallest absolute Gasteiger partial charge is 0.220 e. The predicted molar refractivity (Wildman–Crippen MR) is 62.2 cm³/mol. The minimum Gasteiger partial charge on any atom is -0.383 e. The first kappa shape index (κ1) is 12.6. The maximum atomic E-state index is 11.5. The highest BCUT2D eigenvalue weighted by Gasteiger charge is 2.10. The van der Waals surface area contributed by atoms with Crippen molar-refractivity contribution in [1.82, 2.24) is 10.3 Å². The predicted octanol–water partition coefficient (Wildman–Crippen LogP) is 1.34. The van der Waals surface area contributed by atoms with Gasteiger partial charge in [-0.2, -0.15) is 0 Å². The summed E-state index contributed by atoms with van der Waals surface area (Å²) < 4.78 is 4.86. The highest BCUT2D eigenvalue weighted by atomic mass is 16.5. The minimum absolute atomic E-state index is 0.0494. The minimum atomic E-state index is 0.0494. The number of carbonyl (C=O) groups excluding carboxylic acids is 1. The van der Waals surface area contributed by atoms with Crippen molar-refractivity contribution >= 4 is 5.91 Å². The number of hydrogen-bond donors (Lipinski definition) is 1. The number of nitrogens with zero attached hydrogens (tertiary/aromatic N) is 1. The Bertz CT molecular complexity index is 314. The zero-order chi connectivity index (χ0) is 11.8. The van der Waals surface area contributed by atoms with E-state index < -0.39 is 0 Å². The van der Waals surface area contributed by atoms with E-state index in [0.29, 0.717) is 19.6 Å². The van der Waals surface area contributed by atoms with E-state index in [4.69, 9.17) is 4.74 Å². The topological polar surface area (TPSA) is 51.2 Å². The van der Waals surface area contributed by atoms with Gasteiger partial charge in [0, 0.05) is 32.5 Å². The molecule has 0 radical (unpaired) electrons. The largest absolute Gasteiger partial charge is 0.383 e. The molecule has 0 aliphatic carbocycles. The van der Waals surface area contributed by atoms with Crippen molar-refractivity contribution in [3.8, 4) is 0 Å². The molecule has 0 aliphatic heterocycles. The molecule has 88 valence electrons. The number of ether oxygens (including phenoxy) is 1. The van der Waals surface area contributed by atoms with Crippen LogP contribution < -0.4 is 5.32 Å². The van der Waals surface area contributed by atoms with Gasteiger partial charge in [-0.15, -0.1) is 0 Å². The van der Waals surface area contributed by atoms with Crippen LogP contribution in [-0.2, 0) is 9.53 Å². The van der Waals surface area contributed by atoms with Crippen LogP contribution in [0.3, 0.4) is 0 Å². The van der Waals surface area contributed by atoms with Crippen molar-refractivity contribution in [2.75, 3.05) is 20.3 Å². The summed E-state index contributed by atoms with van der Waals surface area (Å²) >= 11 is 0. The van der Waals surface area contributed by atoms with E-state index in [0.717, 1.165) is 5.56 Å². The molecular formula is C12H18N2O2. The monoisotopic (exact) mass is 222 g/mol. The Balaban J connectivity index is 2.34. The Morgan fingerprint density at radius 1 is 1.62 bits per heavy atom. The summed E-state index contributed by atoms with van der Waals surface area (Å²) in [7, 11) is 1.62. The standard InChI is InChI=1S/C12H18N2O2/c1-10(11-4-3-5-13-9-11)8-12(15)14-6-7-16-2/h3-5,9-10H,6-8H2,1-2H3,(H,14,15). The molecule has 0 bridgehead atoms. The zero-order valence-electron chi connectivity index (χ0n) is 9.77. The van der Waals surface area contributed by atoms with Gasteiger partial charge in [-0.3, -0.25) is 9.78 Å². The van der Waals surface area contributed by atoms with Gasteiger partial charge >= 0.3 is 0 Å². The molecule has 4 nitrogen and oxygen atoms in total. The molecule has 1 aromatic heterocycles. The van der Waals surface area contributed by atoms with Crippen LogP contribution >= 0.6 is 0 Å². The van der Waals surface area contributed by atoms with E-state index in [1.54, 1.807) is 19.5 Å². The van der Waals surface area contributed by atoms with Crippen LogP contribution in [0.1, 0.15) is 24.8 Å². The molecule has 1 amide bonds. The fourth-order valence-electron chi connectivity index (χ4n) is 1.43. The van der Waals surface area contributed by atoms with Crippen LogP contribution in [0, 0.1) is 0 Å². The number of methoxy groups -OCH3 is 1. The third kappa shape index (κ3) is 4.40. The van der Waals surface area contributed by atoms with Crippen molar-refractivity contribution in [3.05, 3.63) is 30.1 Å². The lowest BCUT2D eigenvalue weighted by Gasteiger charge is -2.11. The highest BCUT2D eigenvalue weighted by molar-refractivity contribution is 5.76. The first-order chi connectivity index (χ1) is 7.74. The molecular weight excluding hydrogens is 204 g/mol. The molecule has 0 saturated heterocycles. The van der Waals surface area contributed by atoms with Crippen molar-refractivity contribution < 1.29 is 9.53 Å². The zero-order valence-corrected chi connectivity index (χ0v) is 9.77. The summed E-state index contributed by atoms with van der Waals surface area (Å²) in [5.74, 6) is 0.240. The van der Waals surface area contributed by atoms with Gasteiger partial charge in [0.05, 0.1) is 6.61 Å². The van der Waals surface area contributed by atoms with Crippen LogP contribution in [0.15, 0.2) is 24.5 Å². The molecule has 0 spiro atoms. The Hall–Kier alpha value is -1.42. The van der Waals surface area contributed by atoms with Gasteiger partial charge < -0.3 is 10.1 Å². The van der Waals surface area contributed by atoms with E-state index in [1.165, 1.54) is 0 Å². The average molecular weight is 222 g/mol. The highest BCUT2D eigenvalue weighted by Crippen LogP contribution is 2.16. The van der Waals surface area contributed by atoms with Crippen LogP contribution in [0.25, 0.3) is 0 Å². The maximum Gasteiger partial charge on any atom is 0.220 e. The van der Waals surface area contributed by atoms with Gasteiger partial charge in [-0.25, -0.2) is 0 Å². The summed E-state index contributed by atoms with van der Waals surface area (Å²) in [6.45, 7) is 3.13. The number of hydrogen-bond acceptors (Lipinski definition) is 3. The van der Waals surface area contributed by atoms with E-state index in [1.807, 2.05) is 19.1 Å².